The third-order valence-electron chi connectivity index (χ3n) is 3.16. The van der Waals surface area contributed by atoms with Crippen molar-refractivity contribution >= 4 is 22.9 Å². The summed E-state index contributed by atoms with van der Waals surface area (Å²) in [5, 5.41) is 14.3. The van der Waals surface area contributed by atoms with Gasteiger partial charge in [-0.25, -0.2) is 0 Å². The number of amides is 1. The number of phenolic OH excluding ortho intramolecular Hbond substituents is 1. The molecule has 0 bridgehead atoms. The van der Waals surface area contributed by atoms with Crippen LogP contribution in [0.3, 0.4) is 0 Å². The molecule has 4 nitrogen and oxygen atoms in total. The molecule has 0 fully saturated rings. The highest BCUT2D eigenvalue weighted by Crippen LogP contribution is 2.27. The van der Waals surface area contributed by atoms with Gasteiger partial charge in [-0.1, -0.05) is 19.9 Å². The molecule has 1 aromatic carbocycles. The topological polar surface area (TPSA) is 75.3 Å². The second kappa shape index (κ2) is 5.54. The second-order valence-electron chi connectivity index (χ2n) is 5.32. The molecular formula is C15H18N2O2S. The number of nitrogens with two attached hydrogens (primary N) is 1. The summed E-state index contributed by atoms with van der Waals surface area (Å²) in [6.45, 7) is 4.65. The van der Waals surface area contributed by atoms with Gasteiger partial charge in [-0.15, -0.1) is 11.3 Å². The fourth-order valence-corrected chi connectivity index (χ4v) is 2.74. The van der Waals surface area contributed by atoms with Crippen molar-refractivity contribution < 1.29 is 9.90 Å². The van der Waals surface area contributed by atoms with Gasteiger partial charge < -0.3 is 16.2 Å². The Morgan fingerprint density at radius 2 is 2.15 bits per heavy atom. The predicted molar refractivity (Wildman–Crippen MR) is 82.2 cm³/mol. The lowest BCUT2D eigenvalue weighted by molar-refractivity contribution is 0.0946. The minimum Gasteiger partial charge on any atom is -0.508 e. The number of hydrogen-bond donors (Lipinski definition) is 3. The van der Waals surface area contributed by atoms with Crippen LogP contribution >= 0.6 is 11.3 Å². The third-order valence-corrected chi connectivity index (χ3v) is 4.40. The Morgan fingerprint density at radius 1 is 1.40 bits per heavy atom. The molecule has 0 aliphatic rings. The molecule has 0 spiro atoms. The van der Waals surface area contributed by atoms with Gasteiger partial charge in [-0.05, 0) is 29.6 Å². The van der Waals surface area contributed by atoms with E-state index in [1.807, 2.05) is 11.4 Å². The van der Waals surface area contributed by atoms with Crippen LogP contribution < -0.4 is 11.1 Å². The van der Waals surface area contributed by atoms with Crippen LogP contribution in [0.5, 0.6) is 5.75 Å². The Hall–Kier alpha value is -2.01. The number of phenols is 1. The average Bonchev–Trinajstić information content (AvgIpc) is 2.93. The molecule has 1 aromatic heterocycles. The summed E-state index contributed by atoms with van der Waals surface area (Å²) in [6.07, 6.45) is 0. The van der Waals surface area contributed by atoms with Crippen molar-refractivity contribution in [1.82, 2.24) is 5.32 Å². The molecule has 20 heavy (non-hydrogen) atoms. The maximum absolute atomic E-state index is 12.1. The van der Waals surface area contributed by atoms with Crippen LogP contribution in [0.15, 0.2) is 35.7 Å². The Balaban J connectivity index is 2.07. The molecule has 0 aliphatic heterocycles. The van der Waals surface area contributed by atoms with E-state index >= 15 is 0 Å². The van der Waals surface area contributed by atoms with Crippen LogP contribution in [0.25, 0.3) is 0 Å². The Morgan fingerprint density at radius 3 is 2.80 bits per heavy atom. The molecule has 1 heterocycles. The summed E-state index contributed by atoms with van der Waals surface area (Å²) in [7, 11) is 0. The van der Waals surface area contributed by atoms with Gasteiger partial charge in [-0.3, -0.25) is 4.79 Å². The number of benzene rings is 1. The van der Waals surface area contributed by atoms with Gasteiger partial charge in [0.25, 0.3) is 5.91 Å². The van der Waals surface area contributed by atoms with Gasteiger partial charge in [0.15, 0.2) is 0 Å². The standard InChI is InChI=1S/C15H18N2O2S/c1-15(2,13-4-3-7-20-13)9-17-14(19)11-8-10(18)5-6-12(11)16/h3-8,18H,9,16H2,1-2H3,(H,17,19). The van der Waals surface area contributed by atoms with Crippen LogP contribution in [0.2, 0.25) is 0 Å². The van der Waals surface area contributed by atoms with Gasteiger partial charge >= 0.3 is 0 Å². The molecule has 0 saturated heterocycles. The Kier molecular flexibility index (Phi) is 3.99. The fourth-order valence-electron chi connectivity index (χ4n) is 1.89. The number of hydrogen-bond acceptors (Lipinski definition) is 4. The Labute approximate surface area is 122 Å². The first-order valence-electron chi connectivity index (χ1n) is 6.31. The third kappa shape index (κ3) is 3.11. The molecule has 0 saturated carbocycles. The number of carbonyl (C=O) groups is 1. The monoisotopic (exact) mass is 290 g/mol. The van der Waals surface area contributed by atoms with Gasteiger partial charge in [-0.2, -0.15) is 0 Å². The van der Waals surface area contributed by atoms with Gasteiger partial charge in [0.05, 0.1) is 5.56 Å². The minimum absolute atomic E-state index is 0.0295. The van der Waals surface area contributed by atoms with Gasteiger partial charge in [0.2, 0.25) is 0 Å². The van der Waals surface area contributed by atoms with E-state index in [4.69, 9.17) is 5.73 Å². The Bertz CT molecular complexity index is 606. The van der Waals surface area contributed by atoms with Crippen molar-refractivity contribution in [2.75, 3.05) is 12.3 Å². The molecule has 0 radical (unpaired) electrons. The lowest BCUT2D eigenvalue weighted by Crippen LogP contribution is -2.36. The maximum atomic E-state index is 12.1. The van der Waals surface area contributed by atoms with Crippen LogP contribution in [-0.2, 0) is 5.41 Å². The van der Waals surface area contributed by atoms with E-state index in [0.717, 1.165) is 0 Å². The normalized spacial score (nSPS) is 11.3. The number of aromatic hydroxyl groups is 1. The zero-order valence-corrected chi connectivity index (χ0v) is 12.3. The summed E-state index contributed by atoms with van der Waals surface area (Å²) in [5.41, 5.74) is 6.26. The average molecular weight is 290 g/mol. The molecule has 0 aliphatic carbocycles. The number of nitrogens with one attached hydrogen (secondary N) is 1. The van der Waals surface area contributed by atoms with Crippen LogP contribution in [0, 0.1) is 0 Å². The zero-order valence-electron chi connectivity index (χ0n) is 11.5. The summed E-state index contributed by atoms with van der Waals surface area (Å²) >= 11 is 1.67. The van der Waals surface area contributed by atoms with E-state index in [1.165, 1.54) is 23.1 Å². The molecule has 106 valence electrons. The summed E-state index contributed by atoms with van der Waals surface area (Å²) < 4.78 is 0. The summed E-state index contributed by atoms with van der Waals surface area (Å²) in [6, 6.07) is 8.41. The van der Waals surface area contributed by atoms with E-state index in [9.17, 15) is 9.90 Å². The van der Waals surface area contributed by atoms with Gasteiger partial charge in [0.1, 0.15) is 5.75 Å². The number of anilines is 1. The highest BCUT2D eigenvalue weighted by molar-refractivity contribution is 7.10. The van der Waals surface area contributed by atoms with E-state index < -0.39 is 0 Å². The lowest BCUT2D eigenvalue weighted by atomic mass is 9.91. The first-order chi connectivity index (χ1) is 9.40. The van der Waals surface area contributed by atoms with Crippen molar-refractivity contribution in [2.24, 2.45) is 0 Å². The zero-order chi connectivity index (χ0) is 14.8. The molecular weight excluding hydrogens is 272 g/mol. The second-order valence-corrected chi connectivity index (χ2v) is 6.26. The first-order valence-corrected chi connectivity index (χ1v) is 7.19. The SMILES string of the molecule is CC(C)(CNC(=O)c1cc(O)ccc1N)c1cccs1. The van der Waals surface area contributed by atoms with Crippen molar-refractivity contribution in [3.05, 3.63) is 46.2 Å². The quantitative estimate of drug-likeness (QED) is 0.598. The predicted octanol–water partition coefficient (Wildman–Crippen LogP) is 2.74. The van der Waals surface area contributed by atoms with E-state index in [2.05, 4.69) is 25.2 Å². The smallest absolute Gasteiger partial charge is 0.253 e. The molecule has 5 heteroatoms. The number of thiophene rings is 1. The molecule has 4 N–H and O–H groups in total. The maximum Gasteiger partial charge on any atom is 0.253 e. The van der Waals surface area contributed by atoms with Gasteiger partial charge in [0, 0.05) is 22.5 Å². The number of nitrogen functional groups attached to an aromatic ring is 1. The van der Waals surface area contributed by atoms with Crippen molar-refractivity contribution in [3.63, 3.8) is 0 Å². The molecule has 0 atom stereocenters. The number of carbonyl (C=O) groups excluding carboxylic acids is 1. The molecule has 0 unspecified atom stereocenters. The lowest BCUT2D eigenvalue weighted by Gasteiger charge is -2.23. The fraction of sp³-hybridized carbons (Fsp3) is 0.267. The van der Waals surface area contributed by atoms with Crippen molar-refractivity contribution in [3.8, 4) is 5.75 Å². The summed E-state index contributed by atoms with van der Waals surface area (Å²) in [4.78, 5) is 13.3. The van der Waals surface area contributed by atoms with E-state index in [0.29, 0.717) is 17.8 Å². The highest BCUT2D eigenvalue weighted by atomic mass is 32.1. The molecule has 2 rings (SSSR count). The number of rotatable bonds is 4. The van der Waals surface area contributed by atoms with Crippen LogP contribution in [-0.4, -0.2) is 17.6 Å². The van der Waals surface area contributed by atoms with Crippen LogP contribution in [0.4, 0.5) is 5.69 Å². The molecule has 2 aromatic rings. The minimum atomic E-state index is -0.275. The van der Waals surface area contributed by atoms with E-state index in [-0.39, 0.29) is 17.1 Å². The van der Waals surface area contributed by atoms with Crippen LogP contribution in [0.1, 0.15) is 29.1 Å². The highest BCUT2D eigenvalue weighted by Gasteiger charge is 2.23. The summed E-state index contributed by atoms with van der Waals surface area (Å²) in [5.74, 6) is -0.245. The first kappa shape index (κ1) is 14.4. The van der Waals surface area contributed by atoms with E-state index in [1.54, 1.807) is 11.3 Å². The van der Waals surface area contributed by atoms with Crippen molar-refractivity contribution in [1.29, 1.82) is 0 Å². The molecule has 1 amide bonds. The van der Waals surface area contributed by atoms with Crippen molar-refractivity contribution in [2.45, 2.75) is 19.3 Å². The largest absolute Gasteiger partial charge is 0.508 e.